The molecule has 2 rings (SSSR count). The standard InChI is InChI=1S/C9H5N3O3/c13-7-8(14)10-12-11-9(7)15-6-4-2-1-3-5-6/h1-5H. The van der Waals surface area contributed by atoms with Crippen molar-refractivity contribution >= 4 is 17.6 Å². The van der Waals surface area contributed by atoms with Gasteiger partial charge in [0, 0.05) is 0 Å². The van der Waals surface area contributed by atoms with Crippen molar-refractivity contribution in [2.24, 2.45) is 15.4 Å². The van der Waals surface area contributed by atoms with Gasteiger partial charge in [-0.1, -0.05) is 28.4 Å². The Labute approximate surface area is 84.3 Å². The predicted molar refractivity (Wildman–Crippen MR) is 49.4 cm³/mol. The van der Waals surface area contributed by atoms with Crippen LogP contribution in [-0.4, -0.2) is 17.6 Å². The fourth-order valence-electron chi connectivity index (χ4n) is 0.953. The number of rotatable bonds is 1. The molecule has 1 aromatic carbocycles. The van der Waals surface area contributed by atoms with Crippen LogP contribution in [0.1, 0.15) is 0 Å². The van der Waals surface area contributed by atoms with E-state index in [4.69, 9.17) is 4.74 Å². The summed E-state index contributed by atoms with van der Waals surface area (Å²) >= 11 is 0. The summed E-state index contributed by atoms with van der Waals surface area (Å²) in [6, 6.07) is 8.51. The summed E-state index contributed by atoms with van der Waals surface area (Å²) in [5.41, 5.74) is 0. The van der Waals surface area contributed by atoms with Gasteiger partial charge in [0.05, 0.1) is 0 Å². The van der Waals surface area contributed by atoms with Gasteiger partial charge in [-0.25, -0.2) is 0 Å². The lowest BCUT2D eigenvalue weighted by Crippen LogP contribution is -2.28. The van der Waals surface area contributed by atoms with E-state index in [0.29, 0.717) is 5.75 Å². The van der Waals surface area contributed by atoms with Gasteiger partial charge in [0.25, 0.3) is 5.90 Å². The van der Waals surface area contributed by atoms with Gasteiger partial charge >= 0.3 is 11.7 Å². The fraction of sp³-hybridized carbons (Fsp3) is 0. The summed E-state index contributed by atoms with van der Waals surface area (Å²) in [5.74, 6) is -1.82. The second-order valence-corrected chi connectivity index (χ2v) is 2.64. The molecule has 0 radical (unpaired) electrons. The van der Waals surface area contributed by atoms with E-state index in [9.17, 15) is 9.59 Å². The lowest BCUT2D eigenvalue weighted by atomic mass is 10.3. The molecule has 6 nitrogen and oxygen atoms in total. The zero-order valence-corrected chi connectivity index (χ0v) is 7.45. The summed E-state index contributed by atoms with van der Waals surface area (Å²) in [6.07, 6.45) is 0. The Hall–Kier alpha value is -2.37. The zero-order valence-electron chi connectivity index (χ0n) is 7.45. The van der Waals surface area contributed by atoms with E-state index in [0.717, 1.165) is 0 Å². The molecule has 0 fully saturated rings. The maximum absolute atomic E-state index is 11.2. The number of benzene rings is 1. The van der Waals surface area contributed by atoms with Crippen LogP contribution < -0.4 is 4.74 Å². The summed E-state index contributed by atoms with van der Waals surface area (Å²) in [6.45, 7) is 0. The molecule has 0 aliphatic carbocycles. The van der Waals surface area contributed by atoms with E-state index in [2.05, 4.69) is 15.4 Å². The van der Waals surface area contributed by atoms with Gasteiger partial charge in [0.15, 0.2) is 0 Å². The first-order valence-corrected chi connectivity index (χ1v) is 4.07. The molecule has 0 saturated heterocycles. The van der Waals surface area contributed by atoms with Crippen molar-refractivity contribution in [1.29, 1.82) is 0 Å². The molecule has 0 unspecified atom stereocenters. The highest BCUT2D eigenvalue weighted by Crippen LogP contribution is 2.10. The highest BCUT2D eigenvalue weighted by Gasteiger charge is 2.26. The molecule has 0 spiro atoms. The number of hydrogen-bond donors (Lipinski definition) is 0. The van der Waals surface area contributed by atoms with Gasteiger partial charge in [0.1, 0.15) is 5.75 Å². The number of para-hydroxylation sites is 1. The number of hydrogen-bond acceptors (Lipinski definition) is 5. The van der Waals surface area contributed by atoms with Gasteiger partial charge in [-0.2, -0.15) is 0 Å². The van der Waals surface area contributed by atoms with Crippen LogP contribution in [0.15, 0.2) is 45.8 Å². The van der Waals surface area contributed by atoms with Gasteiger partial charge < -0.3 is 4.74 Å². The zero-order chi connectivity index (χ0) is 10.7. The number of carbonyl (C=O) groups excluding carboxylic acids is 2. The number of ether oxygens (including phenoxy) is 1. The largest absolute Gasteiger partial charge is 0.435 e. The minimum atomic E-state index is -0.976. The van der Waals surface area contributed by atoms with Crippen LogP contribution in [0.25, 0.3) is 0 Å². The maximum atomic E-state index is 11.2. The van der Waals surface area contributed by atoms with Crippen LogP contribution in [0, 0.1) is 0 Å². The van der Waals surface area contributed by atoms with E-state index in [1.165, 1.54) is 0 Å². The van der Waals surface area contributed by atoms with E-state index < -0.39 is 11.7 Å². The van der Waals surface area contributed by atoms with E-state index >= 15 is 0 Å². The van der Waals surface area contributed by atoms with Crippen molar-refractivity contribution in [1.82, 2.24) is 0 Å². The second kappa shape index (κ2) is 3.79. The first-order chi connectivity index (χ1) is 7.27. The van der Waals surface area contributed by atoms with E-state index in [-0.39, 0.29) is 5.90 Å². The number of Topliss-reactive ketones (excluding diaryl/α,β-unsaturated/α-hetero) is 1. The first kappa shape index (κ1) is 9.20. The van der Waals surface area contributed by atoms with Crippen LogP contribution in [0.2, 0.25) is 0 Å². The second-order valence-electron chi connectivity index (χ2n) is 2.64. The first-order valence-electron chi connectivity index (χ1n) is 4.07. The quantitative estimate of drug-likeness (QED) is 0.637. The summed E-state index contributed by atoms with van der Waals surface area (Å²) in [7, 11) is 0. The van der Waals surface area contributed by atoms with E-state index in [1.54, 1.807) is 30.3 Å². The topological polar surface area (TPSA) is 80.4 Å². The van der Waals surface area contributed by atoms with Crippen LogP contribution in [0.4, 0.5) is 0 Å². The van der Waals surface area contributed by atoms with Gasteiger partial charge in [-0.15, -0.1) is 0 Å². The molecule has 1 amide bonds. The third kappa shape index (κ3) is 1.93. The average Bonchev–Trinajstić information content (AvgIpc) is 2.26. The summed E-state index contributed by atoms with van der Waals surface area (Å²) in [5, 5.41) is 9.41. The summed E-state index contributed by atoms with van der Waals surface area (Å²) in [4.78, 5) is 22.0. The molecule has 1 aromatic rings. The summed E-state index contributed by atoms with van der Waals surface area (Å²) < 4.78 is 5.06. The monoisotopic (exact) mass is 203 g/mol. The van der Waals surface area contributed by atoms with Crippen molar-refractivity contribution in [3.05, 3.63) is 30.3 Å². The van der Waals surface area contributed by atoms with Crippen molar-refractivity contribution < 1.29 is 14.3 Å². The Bertz CT molecular complexity index is 465. The Morgan fingerprint density at radius 1 is 1.07 bits per heavy atom. The molecule has 0 aromatic heterocycles. The van der Waals surface area contributed by atoms with Crippen molar-refractivity contribution in [2.45, 2.75) is 0 Å². The molecular formula is C9H5N3O3. The third-order valence-corrected chi connectivity index (χ3v) is 1.62. The Kier molecular flexibility index (Phi) is 2.32. The van der Waals surface area contributed by atoms with Crippen LogP contribution >= 0.6 is 0 Å². The minimum absolute atomic E-state index is 0.360. The van der Waals surface area contributed by atoms with Crippen molar-refractivity contribution in [3.8, 4) is 5.75 Å². The minimum Gasteiger partial charge on any atom is -0.435 e. The molecule has 0 bridgehead atoms. The van der Waals surface area contributed by atoms with Crippen molar-refractivity contribution in [2.75, 3.05) is 0 Å². The number of carbonyl (C=O) groups is 2. The molecule has 1 heterocycles. The number of nitrogens with zero attached hydrogens (tertiary/aromatic N) is 3. The van der Waals surface area contributed by atoms with E-state index in [1.807, 2.05) is 0 Å². The molecular weight excluding hydrogens is 198 g/mol. The number of ketones is 1. The molecule has 0 N–H and O–H groups in total. The SMILES string of the molecule is O=C1N=NN=C(Oc2ccccc2)C1=O. The van der Waals surface area contributed by atoms with Crippen LogP contribution in [0.5, 0.6) is 5.75 Å². The molecule has 0 atom stereocenters. The smallest absolute Gasteiger partial charge is 0.343 e. The molecule has 1 aliphatic rings. The molecule has 6 heteroatoms. The number of amides is 1. The Morgan fingerprint density at radius 3 is 2.53 bits per heavy atom. The Morgan fingerprint density at radius 2 is 1.80 bits per heavy atom. The highest BCUT2D eigenvalue weighted by molar-refractivity contribution is 6.63. The molecule has 0 saturated carbocycles. The van der Waals surface area contributed by atoms with Crippen molar-refractivity contribution in [3.63, 3.8) is 0 Å². The average molecular weight is 203 g/mol. The third-order valence-electron chi connectivity index (χ3n) is 1.62. The molecule has 74 valence electrons. The molecule has 1 aliphatic heterocycles. The van der Waals surface area contributed by atoms with Crippen LogP contribution in [-0.2, 0) is 9.59 Å². The Balaban J connectivity index is 2.20. The van der Waals surface area contributed by atoms with Gasteiger partial charge in [0.2, 0.25) is 0 Å². The predicted octanol–water partition coefficient (Wildman–Crippen LogP) is 0.940. The maximum Gasteiger partial charge on any atom is 0.343 e. The lowest BCUT2D eigenvalue weighted by Gasteiger charge is -2.05. The normalized spacial score (nSPS) is 15.1. The van der Waals surface area contributed by atoms with Crippen LogP contribution in [0.3, 0.4) is 0 Å². The van der Waals surface area contributed by atoms with Gasteiger partial charge in [-0.3, -0.25) is 9.59 Å². The highest BCUT2D eigenvalue weighted by atomic mass is 16.5. The fourth-order valence-corrected chi connectivity index (χ4v) is 0.953. The van der Waals surface area contributed by atoms with Gasteiger partial charge in [-0.05, 0) is 17.4 Å². The lowest BCUT2D eigenvalue weighted by molar-refractivity contribution is -0.133. The molecule has 15 heavy (non-hydrogen) atoms.